The van der Waals surface area contributed by atoms with Crippen molar-refractivity contribution in [3.63, 3.8) is 0 Å². The van der Waals surface area contributed by atoms with Gasteiger partial charge in [-0.05, 0) is 0 Å². The second-order valence-electron chi connectivity index (χ2n) is 1.10. The third-order valence-corrected chi connectivity index (χ3v) is 1.11. The minimum atomic E-state index is -0.693. The zero-order chi connectivity index (χ0) is 7.28. The minimum absolute atomic E-state index is 0.256. The first kappa shape index (κ1) is 7.76. The number of carbonyl (C=O) groups excluding carboxylic acids is 2. The molecule has 0 aliphatic carbocycles. The average molecular weight is 146 g/mol. The summed E-state index contributed by atoms with van der Waals surface area (Å²) in [5.74, 6) is 0. The standard InChI is InChI=1S/C2H6N4O2Si/c3-1(7)5-9-6-2(4)8/h(H3,3,5,7)(H3,4,6,8). The first-order valence-corrected chi connectivity index (χ1v) is 2.99. The Labute approximate surface area is 53.9 Å². The van der Waals surface area contributed by atoms with E-state index in [4.69, 9.17) is 0 Å². The molecule has 0 aromatic carbocycles. The van der Waals surface area contributed by atoms with Gasteiger partial charge in [-0.3, -0.25) is 0 Å². The maximum absolute atomic E-state index is 9.91. The number of urea groups is 2. The van der Waals surface area contributed by atoms with Crippen LogP contribution in [-0.4, -0.2) is 21.9 Å². The maximum Gasteiger partial charge on any atom is 0.334 e. The van der Waals surface area contributed by atoms with Crippen molar-refractivity contribution in [1.82, 2.24) is 9.96 Å². The fourth-order valence-corrected chi connectivity index (χ4v) is 0.463. The van der Waals surface area contributed by atoms with Crippen molar-refractivity contribution in [1.29, 1.82) is 0 Å². The van der Waals surface area contributed by atoms with Crippen molar-refractivity contribution in [2.45, 2.75) is 0 Å². The van der Waals surface area contributed by atoms with Gasteiger partial charge in [0.15, 0.2) is 0 Å². The van der Waals surface area contributed by atoms with E-state index in [-0.39, 0.29) is 9.84 Å². The first-order valence-electron chi connectivity index (χ1n) is 1.99. The Morgan fingerprint density at radius 1 is 1.11 bits per heavy atom. The van der Waals surface area contributed by atoms with Crippen LogP contribution in [0, 0.1) is 0 Å². The summed E-state index contributed by atoms with van der Waals surface area (Å²) in [4.78, 5) is 24.1. The number of rotatable bonds is 2. The van der Waals surface area contributed by atoms with E-state index in [1.54, 1.807) is 0 Å². The number of primary amides is 2. The van der Waals surface area contributed by atoms with Gasteiger partial charge in [0, 0.05) is 0 Å². The number of nitrogens with one attached hydrogen (secondary N) is 2. The number of amides is 4. The van der Waals surface area contributed by atoms with Crippen LogP contribution in [0.25, 0.3) is 0 Å². The zero-order valence-corrected chi connectivity index (χ0v) is 5.47. The fourth-order valence-electron chi connectivity index (χ4n) is 0.154. The molecule has 50 valence electrons. The van der Waals surface area contributed by atoms with E-state index in [9.17, 15) is 9.59 Å². The van der Waals surface area contributed by atoms with E-state index in [1.165, 1.54) is 0 Å². The molecule has 0 aliphatic heterocycles. The number of nitrogens with two attached hydrogens (primary N) is 2. The molecule has 0 aromatic rings. The van der Waals surface area contributed by atoms with Crippen LogP contribution in [0.4, 0.5) is 9.59 Å². The highest BCUT2D eigenvalue weighted by Crippen LogP contribution is 1.50. The summed E-state index contributed by atoms with van der Waals surface area (Å²) < 4.78 is 0. The molecule has 0 fully saturated rings. The van der Waals surface area contributed by atoms with E-state index < -0.39 is 12.1 Å². The molecule has 2 radical (unpaired) electrons. The van der Waals surface area contributed by atoms with Gasteiger partial charge in [0.1, 0.15) is 0 Å². The summed E-state index contributed by atoms with van der Waals surface area (Å²) in [5, 5.41) is 0. The van der Waals surface area contributed by atoms with Crippen molar-refractivity contribution < 1.29 is 9.59 Å². The van der Waals surface area contributed by atoms with Gasteiger partial charge in [0.2, 0.25) is 0 Å². The highest BCUT2D eigenvalue weighted by atomic mass is 28.2. The molecular weight excluding hydrogens is 140 g/mol. The Morgan fingerprint density at radius 3 is 1.67 bits per heavy atom. The Bertz CT molecular complexity index is 112. The Kier molecular flexibility index (Phi) is 3.21. The summed E-state index contributed by atoms with van der Waals surface area (Å²) in [6.45, 7) is 0. The van der Waals surface area contributed by atoms with Gasteiger partial charge in [-0.1, -0.05) is 0 Å². The molecule has 0 saturated carbocycles. The fraction of sp³-hybridized carbons (Fsp3) is 0. The van der Waals surface area contributed by atoms with Crippen LogP contribution in [0.2, 0.25) is 0 Å². The Morgan fingerprint density at radius 2 is 1.44 bits per heavy atom. The molecule has 0 heterocycles. The number of hydrogen-bond donors (Lipinski definition) is 4. The monoisotopic (exact) mass is 146 g/mol. The molecule has 0 aromatic heterocycles. The molecule has 0 saturated heterocycles. The van der Waals surface area contributed by atoms with Crippen LogP contribution in [-0.2, 0) is 0 Å². The lowest BCUT2D eigenvalue weighted by Crippen LogP contribution is -2.45. The van der Waals surface area contributed by atoms with E-state index in [1.807, 2.05) is 0 Å². The predicted molar refractivity (Wildman–Crippen MR) is 31.2 cm³/mol. The van der Waals surface area contributed by atoms with E-state index in [0.29, 0.717) is 0 Å². The molecule has 0 aliphatic rings. The van der Waals surface area contributed by atoms with Gasteiger partial charge in [0.05, 0.1) is 0 Å². The minimum Gasteiger partial charge on any atom is -0.352 e. The van der Waals surface area contributed by atoms with Gasteiger partial charge >= 0.3 is 21.9 Å². The van der Waals surface area contributed by atoms with Crippen molar-refractivity contribution in [3.05, 3.63) is 0 Å². The maximum atomic E-state index is 9.91. The Balaban J connectivity index is 3.10. The summed E-state index contributed by atoms with van der Waals surface area (Å²) in [6, 6.07) is -1.39. The number of hydrogen-bond acceptors (Lipinski definition) is 2. The molecule has 0 spiro atoms. The largest absolute Gasteiger partial charge is 0.352 e. The van der Waals surface area contributed by atoms with Crippen molar-refractivity contribution >= 4 is 21.9 Å². The van der Waals surface area contributed by atoms with Crippen LogP contribution in [0.5, 0.6) is 0 Å². The lowest BCUT2D eigenvalue weighted by Gasteiger charge is -1.96. The van der Waals surface area contributed by atoms with Crippen LogP contribution >= 0.6 is 0 Å². The van der Waals surface area contributed by atoms with Gasteiger partial charge in [-0.25, -0.2) is 9.59 Å². The smallest absolute Gasteiger partial charge is 0.334 e. The first-order chi connectivity index (χ1) is 4.13. The average Bonchev–Trinajstić information content (AvgIpc) is 1.63. The summed E-state index contributed by atoms with van der Waals surface area (Å²) in [6.07, 6.45) is 0. The van der Waals surface area contributed by atoms with E-state index in [0.717, 1.165) is 0 Å². The lowest BCUT2D eigenvalue weighted by atomic mass is 11.2. The molecule has 0 atom stereocenters. The summed E-state index contributed by atoms with van der Waals surface area (Å²) in [7, 11) is -0.256. The van der Waals surface area contributed by atoms with Crippen molar-refractivity contribution in [3.8, 4) is 0 Å². The van der Waals surface area contributed by atoms with Gasteiger partial charge in [-0.2, -0.15) is 0 Å². The molecule has 0 unspecified atom stereocenters. The van der Waals surface area contributed by atoms with Gasteiger partial charge in [0.25, 0.3) is 0 Å². The van der Waals surface area contributed by atoms with E-state index >= 15 is 0 Å². The SMILES string of the molecule is NC(=O)N[Si]NC(N)=O. The third kappa shape index (κ3) is 6.76. The zero-order valence-electron chi connectivity index (χ0n) is 4.47. The second-order valence-corrected chi connectivity index (χ2v) is 1.85. The van der Waals surface area contributed by atoms with Crippen molar-refractivity contribution in [2.75, 3.05) is 0 Å². The molecule has 7 heteroatoms. The predicted octanol–water partition coefficient (Wildman–Crippen LogP) is -2.14. The summed E-state index contributed by atoms with van der Waals surface area (Å²) >= 11 is 0. The summed E-state index contributed by atoms with van der Waals surface area (Å²) in [5.41, 5.74) is 9.29. The second kappa shape index (κ2) is 3.72. The number of carbonyl (C=O) groups is 2. The topological polar surface area (TPSA) is 110 Å². The third-order valence-electron chi connectivity index (χ3n) is 0.371. The van der Waals surface area contributed by atoms with Crippen molar-refractivity contribution in [2.24, 2.45) is 11.5 Å². The molecule has 9 heavy (non-hydrogen) atoms. The highest BCUT2D eigenvalue weighted by molar-refractivity contribution is 6.37. The van der Waals surface area contributed by atoms with Gasteiger partial charge < -0.3 is 21.4 Å². The van der Waals surface area contributed by atoms with Crippen LogP contribution in [0.3, 0.4) is 0 Å². The molecule has 0 bridgehead atoms. The molecule has 6 nitrogen and oxygen atoms in total. The molecule has 4 amide bonds. The van der Waals surface area contributed by atoms with Crippen LogP contribution < -0.4 is 21.4 Å². The molecule has 6 N–H and O–H groups in total. The van der Waals surface area contributed by atoms with Crippen LogP contribution in [0.1, 0.15) is 0 Å². The lowest BCUT2D eigenvalue weighted by molar-refractivity contribution is 0.252. The van der Waals surface area contributed by atoms with E-state index in [2.05, 4.69) is 21.4 Å². The quantitative estimate of drug-likeness (QED) is 0.333. The Hall–Kier alpha value is -1.24. The highest BCUT2D eigenvalue weighted by Gasteiger charge is 1.94. The van der Waals surface area contributed by atoms with Gasteiger partial charge in [-0.15, -0.1) is 0 Å². The molecular formula is C2H6N4O2Si. The van der Waals surface area contributed by atoms with Crippen LogP contribution in [0.15, 0.2) is 0 Å². The molecule has 0 rings (SSSR count). The normalized spacial score (nSPS) is 8.00.